The van der Waals surface area contributed by atoms with E-state index in [4.69, 9.17) is 4.52 Å². The van der Waals surface area contributed by atoms with Crippen LogP contribution in [0.3, 0.4) is 0 Å². The van der Waals surface area contributed by atoms with Crippen molar-refractivity contribution in [2.24, 2.45) is 5.41 Å². The van der Waals surface area contributed by atoms with Gasteiger partial charge in [0.15, 0.2) is 5.82 Å². The lowest BCUT2D eigenvalue weighted by atomic mass is 9.64. The molecule has 2 unspecified atom stereocenters. The zero-order valence-electron chi connectivity index (χ0n) is 9.32. The van der Waals surface area contributed by atoms with E-state index in [1.165, 1.54) is 0 Å². The van der Waals surface area contributed by atoms with Crippen LogP contribution in [0.4, 0.5) is 0 Å². The molecule has 0 bridgehead atoms. The van der Waals surface area contributed by atoms with Crippen molar-refractivity contribution in [3.05, 3.63) is 11.7 Å². The van der Waals surface area contributed by atoms with Crippen molar-refractivity contribution in [1.29, 1.82) is 0 Å². The Morgan fingerprint density at radius 1 is 1.60 bits per heavy atom. The summed E-state index contributed by atoms with van der Waals surface area (Å²) in [6, 6.07) is 0.319. The van der Waals surface area contributed by atoms with Crippen LogP contribution in [0.15, 0.2) is 4.52 Å². The Morgan fingerprint density at radius 2 is 2.33 bits per heavy atom. The summed E-state index contributed by atoms with van der Waals surface area (Å²) in [5.74, 6) is 1.25. The molecule has 2 N–H and O–H groups in total. The molecule has 2 atom stereocenters. The molecular weight excluding hydrogens is 194 g/mol. The largest absolute Gasteiger partial charge is 0.392 e. The highest BCUT2D eigenvalue weighted by atomic mass is 16.5. The van der Waals surface area contributed by atoms with Crippen molar-refractivity contribution in [3.63, 3.8) is 0 Å². The van der Waals surface area contributed by atoms with Crippen LogP contribution in [0.1, 0.15) is 32.0 Å². The van der Waals surface area contributed by atoms with Gasteiger partial charge in [-0.3, -0.25) is 0 Å². The van der Waals surface area contributed by atoms with Crippen LogP contribution < -0.4 is 5.32 Å². The van der Waals surface area contributed by atoms with Gasteiger partial charge in [0, 0.05) is 11.5 Å². The second-order valence-electron chi connectivity index (χ2n) is 4.74. The number of aliphatic hydroxyl groups is 1. The van der Waals surface area contributed by atoms with Crippen molar-refractivity contribution in [2.75, 3.05) is 0 Å². The summed E-state index contributed by atoms with van der Waals surface area (Å²) in [5.41, 5.74) is -0.0605. The molecule has 1 aliphatic rings. The number of aliphatic hydroxyl groups excluding tert-OH is 1. The van der Waals surface area contributed by atoms with Gasteiger partial charge < -0.3 is 14.9 Å². The standard InChI is InChI=1S/C10H17N3O2/c1-6-12-9(15-13-6)5-11-7-4-8(14)10(7,2)3/h7-8,11,14H,4-5H2,1-3H3. The van der Waals surface area contributed by atoms with Crippen molar-refractivity contribution in [1.82, 2.24) is 15.5 Å². The van der Waals surface area contributed by atoms with Gasteiger partial charge in [-0.2, -0.15) is 4.98 Å². The first kappa shape index (κ1) is 10.6. The highest BCUT2D eigenvalue weighted by Crippen LogP contribution is 2.40. The lowest BCUT2D eigenvalue weighted by Gasteiger charge is -2.49. The second-order valence-corrected chi connectivity index (χ2v) is 4.74. The van der Waals surface area contributed by atoms with Crippen LogP contribution in [-0.2, 0) is 6.54 Å². The van der Waals surface area contributed by atoms with Gasteiger partial charge >= 0.3 is 0 Å². The van der Waals surface area contributed by atoms with Crippen molar-refractivity contribution in [2.45, 2.75) is 45.9 Å². The number of aryl methyl sites for hydroxylation is 1. The molecule has 1 aliphatic carbocycles. The average molecular weight is 211 g/mol. The molecule has 0 spiro atoms. The quantitative estimate of drug-likeness (QED) is 0.767. The van der Waals surface area contributed by atoms with Crippen LogP contribution >= 0.6 is 0 Å². The first-order valence-electron chi connectivity index (χ1n) is 5.21. The molecule has 1 aromatic heterocycles. The monoisotopic (exact) mass is 211 g/mol. The molecule has 5 nitrogen and oxygen atoms in total. The number of nitrogens with one attached hydrogen (secondary N) is 1. The van der Waals surface area contributed by atoms with E-state index in [-0.39, 0.29) is 11.5 Å². The topological polar surface area (TPSA) is 71.2 Å². The van der Waals surface area contributed by atoms with Crippen LogP contribution in [0.5, 0.6) is 0 Å². The molecule has 2 rings (SSSR count). The molecule has 0 aliphatic heterocycles. The molecular formula is C10H17N3O2. The molecule has 0 saturated heterocycles. The second kappa shape index (κ2) is 3.57. The summed E-state index contributed by atoms with van der Waals surface area (Å²) >= 11 is 0. The Bertz CT molecular complexity index is 348. The summed E-state index contributed by atoms with van der Waals surface area (Å²) in [5, 5.41) is 16.6. The third-order valence-corrected chi connectivity index (χ3v) is 3.29. The minimum absolute atomic E-state index is 0.0605. The van der Waals surface area contributed by atoms with E-state index >= 15 is 0 Å². The van der Waals surface area contributed by atoms with Gasteiger partial charge in [-0.05, 0) is 13.3 Å². The number of hydrogen-bond acceptors (Lipinski definition) is 5. The highest BCUT2D eigenvalue weighted by Gasteiger charge is 2.46. The Labute approximate surface area is 88.9 Å². The Kier molecular flexibility index (Phi) is 2.52. The molecule has 0 aromatic carbocycles. The van der Waals surface area contributed by atoms with Crippen molar-refractivity contribution in [3.8, 4) is 0 Å². The summed E-state index contributed by atoms with van der Waals surface area (Å²) < 4.78 is 4.99. The maximum Gasteiger partial charge on any atom is 0.240 e. The van der Waals surface area contributed by atoms with E-state index < -0.39 is 0 Å². The fraction of sp³-hybridized carbons (Fsp3) is 0.800. The summed E-state index contributed by atoms with van der Waals surface area (Å²) in [7, 11) is 0. The number of rotatable bonds is 3. The predicted octanol–water partition coefficient (Wildman–Crippen LogP) is 0.627. The third-order valence-electron chi connectivity index (χ3n) is 3.29. The molecule has 5 heteroatoms. The molecule has 1 fully saturated rings. The van der Waals surface area contributed by atoms with E-state index in [0.29, 0.717) is 24.3 Å². The van der Waals surface area contributed by atoms with E-state index in [1.807, 2.05) is 0 Å². The van der Waals surface area contributed by atoms with Gasteiger partial charge in [-0.15, -0.1) is 0 Å². The van der Waals surface area contributed by atoms with Crippen molar-refractivity contribution < 1.29 is 9.63 Å². The minimum Gasteiger partial charge on any atom is -0.392 e. The SMILES string of the molecule is Cc1noc(CNC2CC(O)C2(C)C)n1. The van der Waals surface area contributed by atoms with Gasteiger partial charge in [0.05, 0.1) is 12.6 Å². The van der Waals surface area contributed by atoms with Crippen LogP contribution in [0.2, 0.25) is 0 Å². The third kappa shape index (κ3) is 1.89. The lowest BCUT2D eigenvalue weighted by molar-refractivity contribution is -0.0736. The van der Waals surface area contributed by atoms with Gasteiger partial charge in [0.1, 0.15) is 0 Å². The molecule has 0 amide bonds. The van der Waals surface area contributed by atoms with Gasteiger partial charge in [-0.1, -0.05) is 19.0 Å². The zero-order valence-corrected chi connectivity index (χ0v) is 9.32. The number of hydrogen-bond donors (Lipinski definition) is 2. The first-order valence-corrected chi connectivity index (χ1v) is 5.21. The Morgan fingerprint density at radius 3 is 2.80 bits per heavy atom. The zero-order chi connectivity index (χ0) is 11.1. The Balaban J connectivity index is 1.85. The van der Waals surface area contributed by atoms with E-state index in [9.17, 15) is 5.11 Å². The normalized spacial score (nSPS) is 28.8. The molecule has 1 saturated carbocycles. The predicted molar refractivity (Wildman–Crippen MR) is 54.1 cm³/mol. The summed E-state index contributed by atoms with van der Waals surface area (Å²) in [4.78, 5) is 4.11. The lowest BCUT2D eigenvalue weighted by Crippen LogP contribution is -2.59. The van der Waals surface area contributed by atoms with Crippen molar-refractivity contribution >= 4 is 0 Å². The van der Waals surface area contributed by atoms with Gasteiger partial charge in [0.25, 0.3) is 0 Å². The fourth-order valence-electron chi connectivity index (χ4n) is 1.87. The first-order chi connectivity index (χ1) is 7.00. The molecule has 1 aromatic rings. The maximum absolute atomic E-state index is 9.56. The summed E-state index contributed by atoms with van der Waals surface area (Å²) in [6.45, 7) is 6.47. The molecule has 0 radical (unpaired) electrons. The van der Waals surface area contributed by atoms with E-state index in [0.717, 1.165) is 6.42 Å². The number of aromatic nitrogens is 2. The highest BCUT2D eigenvalue weighted by molar-refractivity contribution is 5.02. The van der Waals surface area contributed by atoms with E-state index in [1.54, 1.807) is 6.92 Å². The molecule has 84 valence electrons. The minimum atomic E-state index is -0.209. The Hall–Kier alpha value is -0.940. The molecule has 15 heavy (non-hydrogen) atoms. The van der Waals surface area contributed by atoms with E-state index in [2.05, 4.69) is 29.3 Å². The van der Waals surface area contributed by atoms with Crippen LogP contribution in [0.25, 0.3) is 0 Å². The van der Waals surface area contributed by atoms with Crippen LogP contribution in [0, 0.1) is 12.3 Å². The van der Waals surface area contributed by atoms with Gasteiger partial charge in [-0.25, -0.2) is 0 Å². The van der Waals surface area contributed by atoms with Crippen LogP contribution in [-0.4, -0.2) is 27.4 Å². The smallest absolute Gasteiger partial charge is 0.240 e. The average Bonchev–Trinajstić information content (AvgIpc) is 2.58. The molecule has 1 heterocycles. The fourth-order valence-corrected chi connectivity index (χ4v) is 1.87. The summed E-state index contributed by atoms with van der Waals surface area (Å²) in [6.07, 6.45) is 0.583. The maximum atomic E-state index is 9.56. The van der Waals surface area contributed by atoms with Gasteiger partial charge in [0.2, 0.25) is 5.89 Å². The number of nitrogens with zero attached hydrogens (tertiary/aromatic N) is 2.